The Hall–Kier alpha value is -5.34. The summed E-state index contributed by atoms with van der Waals surface area (Å²) in [5, 5.41) is 48.4. The first kappa shape index (κ1) is 53.8. The summed E-state index contributed by atoms with van der Waals surface area (Å²) in [6, 6.07) is 0.938. The number of aromatic hydroxyl groups is 1. The molecule has 7 atom stereocenters. The molecule has 2 rings (SSSR count). The van der Waals surface area contributed by atoms with E-state index in [4.69, 9.17) is 11.5 Å². The quantitative estimate of drug-likeness (QED) is 0.0821. The number of amides is 7. The van der Waals surface area contributed by atoms with E-state index in [0.717, 1.165) is 0 Å². The average molecular weight is 890 g/mol. The van der Waals surface area contributed by atoms with Crippen LogP contribution in [-0.2, 0) is 44.8 Å². The lowest BCUT2D eigenvalue weighted by Gasteiger charge is -2.26. The fourth-order valence-corrected chi connectivity index (χ4v) is 7.11. The molecule has 1 fully saturated rings. The number of carboxylic acid groups (broad SMARTS) is 1. The molecule has 0 spiro atoms. The van der Waals surface area contributed by atoms with Crippen molar-refractivity contribution in [1.82, 2.24) is 37.2 Å². The van der Waals surface area contributed by atoms with E-state index in [1.807, 2.05) is 13.8 Å². The van der Waals surface area contributed by atoms with E-state index >= 15 is 0 Å². The Morgan fingerprint density at radius 2 is 1.37 bits per heavy atom. The van der Waals surface area contributed by atoms with Gasteiger partial charge in [0.1, 0.15) is 5.75 Å². The van der Waals surface area contributed by atoms with Gasteiger partial charge in [0.05, 0.1) is 19.1 Å². The summed E-state index contributed by atoms with van der Waals surface area (Å²) in [5.74, 6) is -4.86. The second kappa shape index (κ2) is 28.4. The van der Waals surface area contributed by atoms with Gasteiger partial charge in [0.25, 0.3) is 0 Å². The Balaban J connectivity index is 2.13. The van der Waals surface area contributed by atoms with Gasteiger partial charge in [-0.1, -0.05) is 39.8 Å². The van der Waals surface area contributed by atoms with E-state index in [9.17, 15) is 53.7 Å². The molecule has 1 aromatic rings. The molecule has 0 aromatic heterocycles. The molecule has 7 amide bonds. The maximum Gasteiger partial charge on any atom is 0.305 e. The van der Waals surface area contributed by atoms with Crippen LogP contribution in [0.4, 0.5) is 0 Å². The first-order chi connectivity index (χ1) is 29.8. The van der Waals surface area contributed by atoms with Crippen LogP contribution >= 0.6 is 0 Å². The highest BCUT2D eigenvalue weighted by Gasteiger charge is 2.28. The zero-order valence-electron chi connectivity index (χ0n) is 37.1. The Morgan fingerprint density at radius 3 is 1.98 bits per heavy atom. The van der Waals surface area contributed by atoms with Gasteiger partial charge in [-0.05, 0) is 68.2 Å². The largest absolute Gasteiger partial charge is 0.508 e. The molecule has 354 valence electrons. The number of benzene rings is 1. The van der Waals surface area contributed by atoms with Crippen LogP contribution in [0.15, 0.2) is 24.3 Å². The minimum Gasteiger partial charge on any atom is -0.508 e. The lowest BCUT2D eigenvalue weighted by Crippen LogP contribution is -2.49. The lowest BCUT2D eigenvalue weighted by atomic mass is 9.98. The third-order valence-corrected chi connectivity index (χ3v) is 10.6. The van der Waals surface area contributed by atoms with Crippen LogP contribution < -0.4 is 48.7 Å². The number of rotatable bonds is 19. The first-order valence-electron chi connectivity index (χ1n) is 21.9. The van der Waals surface area contributed by atoms with Gasteiger partial charge in [0.15, 0.2) is 0 Å². The van der Waals surface area contributed by atoms with Crippen LogP contribution in [0.3, 0.4) is 0 Å². The molecular formula is C43H71N9O11. The van der Waals surface area contributed by atoms with E-state index in [1.165, 1.54) is 12.1 Å². The number of aliphatic hydroxyl groups is 1. The number of carbonyl (C=O) groups is 8. The molecule has 20 heteroatoms. The Labute approximate surface area is 369 Å². The Kier molecular flexibility index (Phi) is 24.2. The van der Waals surface area contributed by atoms with Gasteiger partial charge in [-0.25, -0.2) is 0 Å². The maximum absolute atomic E-state index is 13.5. The number of carbonyl (C=O) groups excluding carboxylic acids is 7. The normalized spacial score (nSPS) is 21.2. The molecule has 0 saturated carbocycles. The molecule has 63 heavy (non-hydrogen) atoms. The fraction of sp³-hybridized carbons (Fsp3) is 0.674. The Bertz CT molecular complexity index is 1660. The molecule has 0 unspecified atom stereocenters. The van der Waals surface area contributed by atoms with Crippen LogP contribution in [0.2, 0.25) is 0 Å². The minimum atomic E-state index is -1.15. The van der Waals surface area contributed by atoms with Gasteiger partial charge in [0.2, 0.25) is 41.4 Å². The topological polar surface area (TPSA) is 333 Å². The van der Waals surface area contributed by atoms with E-state index in [-0.39, 0.29) is 87.3 Å². The van der Waals surface area contributed by atoms with Crippen molar-refractivity contribution >= 4 is 47.3 Å². The van der Waals surface area contributed by atoms with Gasteiger partial charge >= 0.3 is 5.97 Å². The van der Waals surface area contributed by atoms with Crippen molar-refractivity contribution in [1.29, 1.82) is 0 Å². The summed E-state index contributed by atoms with van der Waals surface area (Å²) >= 11 is 0. The van der Waals surface area contributed by atoms with Crippen molar-refractivity contribution in [3.63, 3.8) is 0 Å². The molecule has 1 saturated heterocycles. The van der Waals surface area contributed by atoms with Crippen molar-refractivity contribution in [3.05, 3.63) is 29.8 Å². The van der Waals surface area contributed by atoms with Crippen molar-refractivity contribution in [3.8, 4) is 5.75 Å². The summed E-state index contributed by atoms with van der Waals surface area (Å²) in [5.41, 5.74) is 12.6. The fourth-order valence-electron chi connectivity index (χ4n) is 7.11. The molecule has 1 heterocycles. The summed E-state index contributed by atoms with van der Waals surface area (Å²) in [6.45, 7) is 7.25. The SMILES string of the molecule is CC(C)[C@H]1CC(=O)N[C@@H](CCCN)CC(=O)N[C@H](CC(=O)N[C@H](CC(=O)N[C@@H](CO)CC(=O)N[C@H](CC(=O)O)Cc2ccc(O)cc2)C(C)C)CC(=O)NCCC[C@H](N)CC(=O)N1. The maximum atomic E-state index is 13.5. The number of nitrogens with two attached hydrogens (primary N) is 2. The van der Waals surface area contributed by atoms with Crippen LogP contribution in [0, 0.1) is 11.8 Å². The second-order valence-electron chi connectivity index (χ2n) is 17.2. The lowest BCUT2D eigenvalue weighted by molar-refractivity contribution is -0.138. The molecule has 20 nitrogen and oxygen atoms in total. The second-order valence-corrected chi connectivity index (χ2v) is 17.2. The van der Waals surface area contributed by atoms with Crippen LogP contribution in [0.5, 0.6) is 5.75 Å². The standard InChI is InChI=1S/C43H71N9O11/c1-25(2)34-22-41(60)47-29(8-5-13-44)17-38(57)49-31(18-36(55)46-14-6-7-28(45)16-37(56)51-34)19-40(59)52-35(26(3)4)23-42(61)50-32(24-53)20-39(58)48-30(21-43(62)63)15-27-9-11-33(54)12-10-27/h9-12,25-26,28-32,34-35,53-54H,5-8,13-24,44-45H2,1-4H3,(H,46,55)(H,47,60)(H,48,58)(H,49,57)(H,50,61)(H,51,56)(H,52,59)(H,62,63)/t28-,29-,30-,31-,32+,34+,35+/m0/s1. The molecule has 0 bridgehead atoms. The number of aliphatic hydroxyl groups excluding tert-OH is 1. The van der Waals surface area contributed by atoms with Gasteiger partial charge < -0.3 is 64.0 Å². The number of hydrogen-bond donors (Lipinski definition) is 12. The summed E-state index contributed by atoms with van der Waals surface area (Å²) in [7, 11) is 0. The predicted molar refractivity (Wildman–Crippen MR) is 233 cm³/mol. The highest BCUT2D eigenvalue weighted by molar-refractivity contribution is 5.85. The summed E-state index contributed by atoms with van der Waals surface area (Å²) < 4.78 is 0. The molecule has 1 aliphatic rings. The molecule has 1 aromatic carbocycles. The Morgan fingerprint density at radius 1 is 0.762 bits per heavy atom. The number of carboxylic acids is 1. The van der Waals surface area contributed by atoms with Crippen molar-refractivity contribution < 1.29 is 53.7 Å². The zero-order chi connectivity index (χ0) is 47.1. The molecule has 14 N–H and O–H groups in total. The molecule has 1 aliphatic heterocycles. The summed E-state index contributed by atoms with van der Waals surface area (Å²) in [6.07, 6.45) is 0.160. The van der Waals surface area contributed by atoms with E-state index in [0.29, 0.717) is 37.8 Å². The van der Waals surface area contributed by atoms with Gasteiger partial charge in [-0.15, -0.1) is 0 Å². The monoisotopic (exact) mass is 890 g/mol. The third-order valence-electron chi connectivity index (χ3n) is 10.6. The van der Waals surface area contributed by atoms with Gasteiger partial charge in [-0.3, -0.25) is 38.4 Å². The van der Waals surface area contributed by atoms with E-state index in [2.05, 4.69) is 37.2 Å². The van der Waals surface area contributed by atoms with Crippen LogP contribution in [-0.4, -0.2) is 125 Å². The highest BCUT2D eigenvalue weighted by atomic mass is 16.4. The summed E-state index contributed by atoms with van der Waals surface area (Å²) in [4.78, 5) is 104. The molecule has 0 radical (unpaired) electrons. The molecule has 0 aliphatic carbocycles. The van der Waals surface area contributed by atoms with Gasteiger partial charge in [-0.2, -0.15) is 0 Å². The van der Waals surface area contributed by atoms with Crippen LogP contribution in [0.1, 0.15) is 110 Å². The van der Waals surface area contributed by atoms with Crippen molar-refractivity contribution in [2.75, 3.05) is 19.7 Å². The van der Waals surface area contributed by atoms with Gasteiger partial charge in [0, 0.05) is 87.7 Å². The smallest absolute Gasteiger partial charge is 0.305 e. The zero-order valence-corrected chi connectivity index (χ0v) is 37.1. The number of phenolic OH excluding ortho intramolecular Hbond substituents is 1. The number of nitrogens with one attached hydrogen (secondary N) is 7. The predicted octanol–water partition coefficient (Wildman–Crippen LogP) is -0.671. The van der Waals surface area contributed by atoms with Crippen LogP contribution in [0.25, 0.3) is 0 Å². The van der Waals surface area contributed by atoms with E-state index in [1.54, 1.807) is 26.0 Å². The number of aliphatic carboxylic acids is 1. The molecular weight excluding hydrogens is 819 g/mol. The van der Waals surface area contributed by atoms with Crippen molar-refractivity contribution in [2.45, 2.75) is 153 Å². The van der Waals surface area contributed by atoms with Crippen molar-refractivity contribution in [2.24, 2.45) is 23.3 Å². The number of hydrogen-bond acceptors (Lipinski definition) is 12. The third kappa shape index (κ3) is 23.1. The number of phenols is 1. The van der Waals surface area contributed by atoms with E-state index < -0.39 is 90.8 Å². The minimum absolute atomic E-state index is 0.0241. The average Bonchev–Trinajstić information content (AvgIpc) is 3.17. The highest BCUT2D eigenvalue weighted by Crippen LogP contribution is 2.15. The first-order valence-corrected chi connectivity index (χ1v) is 21.9.